The number of hydrogen-bond donors (Lipinski definition) is 3. The number of non-ortho nitro benzene ring substituents is 1. The van der Waals surface area contributed by atoms with E-state index in [9.17, 15) is 25.4 Å². The summed E-state index contributed by atoms with van der Waals surface area (Å²) in [6.45, 7) is 12.3. The standard InChI is InChI=1S/C27H31NO5/c1-26(2,3)16-7-11-22(29)20(13-16)25(19-10-9-18(28(32)33)15-24(19)31)21-14-17(27(4,5)6)8-12-23(21)30/h7-15,25,29-31H,1-6H3. The number of nitro benzene ring substituents is 1. The quantitative estimate of drug-likeness (QED) is 0.240. The number of rotatable bonds is 4. The van der Waals surface area contributed by atoms with E-state index < -0.39 is 10.8 Å². The van der Waals surface area contributed by atoms with Crippen molar-refractivity contribution in [2.45, 2.75) is 58.3 Å². The van der Waals surface area contributed by atoms with E-state index in [1.807, 2.05) is 24.3 Å². The van der Waals surface area contributed by atoms with Crippen molar-refractivity contribution < 1.29 is 20.2 Å². The summed E-state index contributed by atoms with van der Waals surface area (Å²) in [5.74, 6) is -1.02. The number of phenolic OH excluding ortho intramolecular Hbond substituents is 3. The number of aromatic hydroxyl groups is 3. The summed E-state index contributed by atoms with van der Waals surface area (Å²) >= 11 is 0. The largest absolute Gasteiger partial charge is 0.508 e. The predicted molar refractivity (Wildman–Crippen MR) is 129 cm³/mol. The first-order chi connectivity index (χ1) is 15.2. The van der Waals surface area contributed by atoms with Gasteiger partial charge in [-0.1, -0.05) is 65.8 Å². The number of benzene rings is 3. The summed E-state index contributed by atoms with van der Waals surface area (Å²) in [6, 6.07) is 14.5. The number of hydrogen-bond acceptors (Lipinski definition) is 5. The summed E-state index contributed by atoms with van der Waals surface area (Å²) < 4.78 is 0. The van der Waals surface area contributed by atoms with Crippen LogP contribution in [0.5, 0.6) is 17.2 Å². The van der Waals surface area contributed by atoms with Crippen LogP contribution in [0.3, 0.4) is 0 Å². The Morgan fingerprint density at radius 3 is 1.48 bits per heavy atom. The fourth-order valence-electron chi connectivity index (χ4n) is 3.90. The van der Waals surface area contributed by atoms with E-state index >= 15 is 0 Å². The van der Waals surface area contributed by atoms with Crippen LogP contribution in [0, 0.1) is 10.1 Å². The Labute approximate surface area is 194 Å². The van der Waals surface area contributed by atoms with Crippen LogP contribution in [0.2, 0.25) is 0 Å². The molecule has 0 aromatic heterocycles. The number of nitrogens with zero attached hydrogens (tertiary/aromatic N) is 1. The van der Waals surface area contributed by atoms with Crippen LogP contribution < -0.4 is 0 Å². The van der Waals surface area contributed by atoms with Crippen LogP contribution in [0.4, 0.5) is 5.69 Å². The van der Waals surface area contributed by atoms with Crippen LogP contribution in [-0.2, 0) is 10.8 Å². The molecule has 3 aromatic rings. The highest BCUT2D eigenvalue weighted by Crippen LogP contribution is 2.46. The lowest BCUT2D eigenvalue weighted by molar-refractivity contribution is -0.384. The van der Waals surface area contributed by atoms with Gasteiger partial charge in [0.05, 0.1) is 11.0 Å². The molecular weight excluding hydrogens is 418 g/mol. The first-order valence-electron chi connectivity index (χ1n) is 10.8. The number of phenols is 3. The maximum absolute atomic E-state index is 11.2. The first-order valence-corrected chi connectivity index (χ1v) is 10.8. The van der Waals surface area contributed by atoms with E-state index in [-0.39, 0.29) is 33.8 Å². The molecule has 0 heterocycles. The van der Waals surface area contributed by atoms with Crippen molar-refractivity contribution >= 4 is 5.69 Å². The zero-order valence-corrected chi connectivity index (χ0v) is 19.9. The molecule has 33 heavy (non-hydrogen) atoms. The Kier molecular flexibility index (Phi) is 6.16. The Bertz CT molecular complexity index is 1140. The average Bonchev–Trinajstić information content (AvgIpc) is 2.69. The second kappa shape index (κ2) is 8.43. The fourth-order valence-corrected chi connectivity index (χ4v) is 3.90. The maximum Gasteiger partial charge on any atom is 0.273 e. The molecule has 0 atom stereocenters. The maximum atomic E-state index is 11.2. The Balaban J connectivity index is 2.36. The minimum atomic E-state index is -0.754. The van der Waals surface area contributed by atoms with Crippen molar-refractivity contribution in [1.82, 2.24) is 0 Å². The highest BCUT2D eigenvalue weighted by atomic mass is 16.6. The van der Waals surface area contributed by atoms with Gasteiger partial charge in [-0.25, -0.2) is 0 Å². The zero-order chi connectivity index (χ0) is 24.7. The van der Waals surface area contributed by atoms with Crippen molar-refractivity contribution in [3.63, 3.8) is 0 Å². The average molecular weight is 450 g/mol. The van der Waals surface area contributed by atoms with Gasteiger partial charge in [-0.3, -0.25) is 10.1 Å². The summed E-state index contributed by atoms with van der Waals surface area (Å²) in [5.41, 5.74) is 2.61. The summed E-state index contributed by atoms with van der Waals surface area (Å²) in [4.78, 5) is 10.6. The predicted octanol–water partition coefficient (Wildman–Crippen LogP) is 6.49. The van der Waals surface area contributed by atoms with Crippen LogP contribution in [0.25, 0.3) is 0 Å². The molecule has 0 spiro atoms. The highest BCUT2D eigenvalue weighted by molar-refractivity contribution is 5.59. The lowest BCUT2D eigenvalue weighted by Crippen LogP contribution is -2.14. The smallest absolute Gasteiger partial charge is 0.273 e. The molecule has 0 radical (unpaired) electrons. The van der Waals surface area contributed by atoms with Gasteiger partial charge in [-0.05, 0) is 40.2 Å². The molecule has 3 aromatic carbocycles. The van der Waals surface area contributed by atoms with E-state index in [0.29, 0.717) is 16.7 Å². The molecule has 174 valence electrons. The third-order valence-corrected chi connectivity index (χ3v) is 5.94. The Hall–Kier alpha value is -3.54. The molecule has 3 N–H and O–H groups in total. The van der Waals surface area contributed by atoms with Gasteiger partial charge in [0.1, 0.15) is 17.2 Å². The SMILES string of the molecule is CC(C)(C)c1ccc(O)c(C(c2ccc([N+](=O)[O-])cc2O)c2cc(C(C)(C)C)ccc2O)c1. The molecule has 0 saturated carbocycles. The van der Waals surface area contributed by atoms with Gasteiger partial charge in [0, 0.05) is 28.7 Å². The second-order valence-corrected chi connectivity index (χ2v) is 10.5. The third-order valence-electron chi connectivity index (χ3n) is 5.94. The minimum Gasteiger partial charge on any atom is -0.508 e. The lowest BCUT2D eigenvalue weighted by atomic mass is 9.77. The topological polar surface area (TPSA) is 104 Å². The molecule has 0 amide bonds. The van der Waals surface area contributed by atoms with E-state index in [4.69, 9.17) is 0 Å². The molecule has 0 unspecified atom stereocenters. The van der Waals surface area contributed by atoms with Gasteiger partial charge < -0.3 is 15.3 Å². The van der Waals surface area contributed by atoms with Crippen LogP contribution in [-0.4, -0.2) is 20.2 Å². The summed E-state index contributed by atoms with van der Waals surface area (Å²) in [6.07, 6.45) is 0. The molecule has 0 saturated heterocycles. The van der Waals surface area contributed by atoms with Crippen LogP contribution in [0.1, 0.15) is 75.3 Å². The fraction of sp³-hybridized carbons (Fsp3) is 0.333. The molecule has 6 nitrogen and oxygen atoms in total. The van der Waals surface area contributed by atoms with Gasteiger partial charge in [0.25, 0.3) is 5.69 Å². The Morgan fingerprint density at radius 1 is 0.667 bits per heavy atom. The highest BCUT2D eigenvalue weighted by Gasteiger charge is 2.29. The van der Waals surface area contributed by atoms with Crippen molar-refractivity contribution in [2.24, 2.45) is 0 Å². The van der Waals surface area contributed by atoms with E-state index in [2.05, 4.69) is 41.5 Å². The van der Waals surface area contributed by atoms with Gasteiger partial charge in [0.15, 0.2) is 0 Å². The van der Waals surface area contributed by atoms with Gasteiger partial charge in [0.2, 0.25) is 0 Å². The second-order valence-electron chi connectivity index (χ2n) is 10.5. The van der Waals surface area contributed by atoms with Gasteiger partial charge in [-0.2, -0.15) is 0 Å². The molecule has 0 fully saturated rings. The van der Waals surface area contributed by atoms with Crippen molar-refractivity contribution in [3.05, 3.63) is 92.5 Å². The molecule has 0 aliphatic carbocycles. The number of nitro groups is 1. The van der Waals surface area contributed by atoms with E-state index in [1.165, 1.54) is 12.1 Å². The zero-order valence-electron chi connectivity index (χ0n) is 19.9. The van der Waals surface area contributed by atoms with Gasteiger partial charge >= 0.3 is 0 Å². The minimum absolute atomic E-state index is 0.00585. The lowest BCUT2D eigenvalue weighted by Gasteiger charge is -2.27. The molecular formula is C27H31NO5. The first kappa shape index (κ1) is 24.1. The van der Waals surface area contributed by atoms with E-state index in [1.54, 1.807) is 12.1 Å². The molecule has 0 aliphatic heterocycles. The molecule has 3 rings (SSSR count). The van der Waals surface area contributed by atoms with E-state index in [0.717, 1.165) is 17.2 Å². The normalized spacial score (nSPS) is 12.2. The Morgan fingerprint density at radius 2 is 1.12 bits per heavy atom. The summed E-state index contributed by atoms with van der Waals surface area (Å²) in [7, 11) is 0. The third kappa shape index (κ3) is 4.95. The van der Waals surface area contributed by atoms with Crippen LogP contribution in [0.15, 0.2) is 54.6 Å². The van der Waals surface area contributed by atoms with Crippen molar-refractivity contribution in [3.8, 4) is 17.2 Å². The van der Waals surface area contributed by atoms with Gasteiger partial charge in [-0.15, -0.1) is 0 Å². The molecule has 0 bridgehead atoms. The monoisotopic (exact) mass is 449 g/mol. The van der Waals surface area contributed by atoms with Crippen molar-refractivity contribution in [1.29, 1.82) is 0 Å². The van der Waals surface area contributed by atoms with Crippen LogP contribution >= 0.6 is 0 Å². The van der Waals surface area contributed by atoms with Crippen molar-refractivity contribution in [2.75, 3.05) is 0 Å². The molecule has 6 heteroatoms. The molecule has 0 aliphatic rings. The summed E-state index contributed by atoms with van der Waals surface area (Å²) in [5, 5.41) is 43.8.